The van der Waals surface area contributed by atoms with Gasteiger partial charge in [-0.15, -0.1) is 0 Å². The van der Waals surface area contributed by atoms with Gasteiger partial charge in [-0.2, -0.15) is 4.31 Å². The van der Waals surface area contributed by atoms with E-state index >= 15 is 0 Å². The van der Waals surface area contributed by atoms with E-state index in [1.54, 1.807) is 17.2 Å². The number of carbonyl (C=O) groups is 1. The maximum absolute atomic E-state index is 13.7. The van der Waals surface area contributed by atoms with Crippen LogP contribution in [-0.4, -0.2) is 36.1 Å². The van der Waals surface area contributed by atoms with Crippen LogP contribution < -0.4 is 0 Å². The van der Waals surface area contributed by atoms with Crippen LogP contribution in [0.25, 0.3) is 0 Å². The molecule has 0 unspecified atom stereocenters. The Kier molecular flexibility index (Phi) is 6.72. The summed E-state index contributed by atoms with van der Waals surface area (Å²) in [5.74, 6) is 0.415. The van der Waals surface area contributed by atoms with Crippen LogP contribution >= 0.6 is 0 Å². The van der Waals surface area contributed by atoms with Gasteiger partial charge in [0.2, 0.25) is 15.9 Å². The molecule has 0 N–H and O–H groups in total. The number of sulfonamides is 1. The van der Waals surface area contributed by atoms with Crippen molar-refractivity contribution in [3.05, 3.63) is 88.9 Å². The van der Waals surface area contributed by atoms with Crippen molar-refractivity contribution < 1.29 is 17.6 Å². The summed E-state index contributed by atoms with van der Waals surface area (Å²) in [4.78, 5) is 15.5. The summed E-state index contributed by atoms with van der Waals surface area (Å²) in [6, 6.07) is 16.9. The van der Waals surface area contributed by atoms with Crippen molar-refractivity contribution in [2.24, 2.45) is 0 Å². The minimum atomic E-state index is -3.82. The lowest BCUT2D eigenvalue weighted by Gasteiger charge is -2.28. The molecule has 1 fully saturated rings. The first-order valence-corrected chi connectivity index (χ1v) is 12.6. The van der Waals surface area contributed by atoms with E-state index in [1.165, 1.54) is 4.31 Å². The van der Waals surface area contributed by atoms with Gasteiger partial charge in [0.15, 0.2) is 0 Å². The fraction of sp³-hybridized carbons (Fsp3) is 0.346. The van der Waals surface area contributed by atoms with Gasteiger partial charge >= 0.3 is 0 Å². The molecule has 2 aromatic carbocycles. The van der Waals surface area contributed by atoms with Crippen molar-refractivity contribution in [2.45, 2.75) is 57.6 Å². The van der Waals surface area contributed by atoms with Crippen molar-refractivity contribution in [2.75, 3.05) is 6.54 Å². The van der Waals surface area contributed by atoms with E-state index in [0.717, 1.165) is 24.0 Å². The van der Waals surface area contributed by atoms with Crippen molar-refractivity contribution in [1.82, 2.24) is 9.21 Å². The molecule has 4 rings (SSSR count). The van der Waals surface area contributed by atoms with Crippen LogP contribution in [-0.2, 0) is 27.9 Å². The molecule has 0 bridgehead atoms. The number of rotatable bonds is 9. The van der Waals surface area contributed by atoms with Gasteiger partial charge in [0.05, 0.1) is 24.2 Å². The summed E-state index contributed by atoms with van der Waals surface area (Å²) >= 11 is 0. The summed E-state index contributed by atoms with van der Waals surface area (Å²) < 4.78 is 34.3. The van der Waals surface area contributed by atoms with Gasteiger partial charge in [-0.1, -0.05) is 48.0 Å². The zero-order valence-corrected chi connectivity index (χ0v) is 20.1. The van der Waals surface area contributed by atoms with E-state index in [4.69, 9.17) is 4.42 Å². The minimum absolute atomic E-state index is 0.138. The third-order valence-corrected chi connectivity index (χ3v) is 8.12. The van der Waals surface area contributed by atoms with E-state index < -0.39 is 10.0 Å². The van der Waals surface area contributed by atoms with E-state index in [0.29, 0.717) is 28.3 Å². The Morgan fingerprint density at radius 1 is 0.970 bits per heavy atom. The molecule has 3 aromatic rings. The van der Waals surface area contributed by atoms with Gasteiger partial charge in [-0.3, -0.25) is 4.79 Å². The summed E-state index contributed by atoms with van der Waals surface area (Å²) in [5.41, 5.74) is 3.42. The van der Waals surface area contributed by atoms with Gasteiger partial charge in [0.25, 0.3) is 0 Å². The molecule has 1 heterocycles. The fourth-order valence-electron chi connectivity index (χ4n) is 4.32. The molecule has 0 atom stereocenters. The largest absolute Gasteiger partial charge is 0.467 e. The maximum Gasteiger partial charge on any atom is 0.244 e. The van der Waals surface area contributed by atoms with Crippen molar-refractivity contribution in [1.29, 1.82) is 0 Å². The second-order valence-corrected chi connectivity index (χ2v) is 10.7. The maximum atomic E-state index is 13.7. The Morgan fingerprint density at radius 2 is 1.64 bits per heavy atom. The summed E-state index contributed by atoms with van der Waals surface area (Å²) in [7, 11) is -3.82. The van der Waals surface area contributed by atoms with E-state index in [2.05, 4.69) is 0 Å². The highest BCUT2D eigenvalue weighted by Crippen LogP contribution is 2.34. The summed E-state index contributed by atoms with van der Waals surface area (Å²) in [6.45, 7) is 6.06. The molecular weight excluding hydrogens is 436 g/mol. The fourth-order valence-corrected chi connectivity index (χ4v) is 6.37. The van der Waals surface area contributed by atoms with Gasteiger partial charge < -0.3 is 9.32 Å². The van der Waals surface area contributed by atoms with Gasteiger partial charge in [-0.05, 0) is 62.4 Å². The number of amides is 1. The second kappa shape index (κ2) is 9.53. The normalized spacial score (nSPS) is 13.9. The highest BCUT2D eigenvalue weighted by molar-refractivity contribution is 7.89. The SMILES string of the molecule is Cc1cc(C)c(S(=O)(=O)N(CC(=O)N(Cc2ccccc2)Cc2ccco2)C2CC2)c(C)c1. The molecule has 33 heavy (non-hydrogen) atoms. The number of carbonyl (C=O) groups excluding carboxylic acids is 1. The Bertz CT molecular complexity index is 1190. The number of furan rings is 1. The number of hydrogen-bond donors (Lipinski definition) is 0. The van der Waals surface area contributed by atoms with Crippen LogP contribution in [0.2, 0.25) is 0 Å². The standard InChI is InChI=1S/C26H30N2O4S/c1-19-14-20(2)26(21(3)15-19)33(30,31)28(23-11-12-23)18-25(29)27(17-24-10-7-13-32-24)16-22-8-5-4-6-9-22/h4-10,13-15,23H,11-12,16-18H2,1-3H3. The lowest BCUT2D eigenvalue weighted by Crippen LogP contribution is -2.43. The Labute approximate surface area is 195 Å². The van der Waals surface area contributed by atoms with Crippen molar-refractivity contribution in [3.8, 4) is 0 Å². The molecule has 0 spiro atoms. The van der Waals surface area contributed by atoms with E-state index in [-0.39, 0.29) is 25.0 Å². The van der Waals surface area contributed by atoms with Gasteiger partial charge in [0, 0.05) is 12.6 Å². The molecule has 7 heteroatoms. The lowest BCUT2D eigenvalue weighted by atomic mass is 10.1. The van der Waals surface area contributed by atoms with E-state index in [1.807, 2.05) is 69.3 Å². The summed E-state index contributed by atoms with van der Waals surface area (Å²) in [5, 5.41) is 0. The number of nitrogens with zero attached hydrogens (tertiary/aromatic N) is 2. The third kappa shape index (κ3) is 5.37. The van der Waals surface area contributed by atoms with Crippen molar-refractivity contribution >= 4 is 15.9 Å². The summed E-state index contributed by atoms with van der Waals surface area (Å²) in [6.07, 6.45) is 3.12. The molecule has 0 saturated heterocycles. The first-order chi connectivity index (χ1) is 15.8. The van der Waals surface area contributed by atoms with Crippen LogP contribution in [0.5, 0.6) is 0 Å². The molecule has 6 nitrogen and oxygen atoms in total. The third-order valence-electron chi connectivity index (χ3n) is 5.91. The predicted molar refractivity (Wildman–Crippen MR) is 127 cm³/mol. The molecule has 1 aliphatic carbocycles. The molecule has 0 radical (unpaired) electrons. The molecule has 1 aromatic heterocycles. The number of hydrogen-bond acceptors (Lipinski definition) is 4. The van der Waals surface area contributed by atoms with Crippen LogP contribution in [0, 0.1) is 20.8 Å². The smallest absolute Gasteiger partial charge is 0.244 e. The van der Waals surface area contributed by atoms with Crippen molar-refractivity contribution in [3.63, 3.8) is 0 Å². The minimum Gasteiger partial charge on any atom is -0.467 e. The quantitative estimate of drug-likeness (QED) is 0.463. The molecule has 1 aliphatic rings. The Morgan fingerprint density at radius 3 is 2.21 bits per heavy atom. The van der Waals surface area contributed by atoms with Crippen LogP contribution in [0.1, 0.15) is 40.9 Å². The zero-order valence-electron chi connectivity index (χ0n) is 19.3. The lowest BCUT2D eigenvalue weighted by molar-refractivity contribution is -0.133. The average Bonchev–Trinajstić information content (AvgIpc) is 3.46. The monoisotopic (exact) mass is 466 g/mol. The van der Waals surface area contributed by atoms with E-state index in [9.17, 15) is 13.2 Å². The number of aryl methyl sites for hydroxylation is 3. The Hall–Kier alpha value is -2.90. The second-order valence-electron chi connectivity index (χ2n) is 8.82. The topological polar surface area (TPSA) is 70.8 Å². The van der Waals surface area contributed by atoms with Gasteiger partial charge in [0.1, 0.15) is 5.76 Å². The highest BCUT2D eigenvalue weighted by Gasteiger charge is 2.41. The van der Waals surface area contributed by atoms with Gasteiger partial charge in [-0.25, -0.2) is 8.42 Å². The molecule has 174 valence electrons. The molecule has 0 aliphatic heterocycles. The van der Waals surface area contributed by atoms with Crippen LogP contribution in [0.4, 0.5) is 0 Å². The molecule has 1 saturated carbocycles. The first kappa shape index (κ1) is 23.3. The number of benzene rings is 2. The molecular formula is C26H30N2O4S. The highest BCUT2D eigenvalue weighted by atomic mass is 32.2. The Balaban J connectivity index is 1.62. The first-order valence-electron chi connectivity index (χ1n) is 11.2. The molecule has 1 amide bonds. The van der Waals surface area contributed by atoms with Crippen LogP contribution in [0.15, 0.2) is 70.2 Å². The van der Waals surface area contributed by atoms with Crippen LogP contribution in [0.3, 0.4) is 0 Å². The zero-order chi connectivity index (χ0) is 23.6. The predicted octanol–water partition coefficient (Wildman–Crippen LogP) is 4.59. The average molecular weight is 467 g/mol.